The molecule has 2 aromatic heterocycles. The Labute approximate surface area is 379 Å². The molecular weight excluding hydrogens is 894 g/mol. The van der Waals surface area contributed by atoms with Crippen molar-refractivity contribution in [2.24, 2.45) is 0 Å². The predicted molar refractivity (Wildman–Crippen MR) is 247 cm³/mol. The van der Waals surface area contributed by atoms with Gasteiger partial charge in [0.25, 0.3) is 0 Å². The quantitative estimate of drug-likeness (QED) is 0.0291. The van der Waals surface area contributed by atoms with E-state index in [2.05, 4.69) is 74.9 Å². The Balaban J connectivity index is 0.00000243. The Bertz CT molecular complexity index is 1410. The molecule has 0 unspecified atom stereocenters. The first-order valence-electron chi connectivity index (χ1n) is 24.5. The average molecular weight is 981 g/mol. The van der Waals surface area contributed by atoms with E-state index < -0.39 is 15.6 Å². The van der Waals surface area contributed by atoms with Gasteiger partial charge in [0, 0.05) is 63.8 Å². The second-order valence-electron chi connectivity index (χ2n) is 18.2. The van der Waals surface area contributed by atoms with Gasteiger partial charge < -0.3 is 0 Å². The second kappa shape index (κ2) is 28.6. The van der Waals surface area contributed by atoms with Gasteiger partial charge in [0.15, 0.2) is 22.8 Å². The molecule has 2 heterocycles. The van der Waals surface area contributed by atoms with E-state index in [1.165, 1.54) is 228 Å². The molecule has 2 nitrogen and oxygen atoms in total. The summed E-state index contributed by atoms with van der Waals surface area (Å²) < 4.78 is 124. The van der Waals surface area contributed by atoms with Gasteiger partial charge in [-0.1, -0.05) is 155 Å². The topological polar surface area (TPSA) is 7.76 Å². The first kappa shape index (κ1) is 62.3. The van der Waals surface area contributed by atoms with Gasteiger partial charge in [-0.15, -0.1) is 0 Å². The monoisotopic (exact) mass is 981 g/mol. The Kier molecular flexibility index (Phi) is 27.9. The fraction of sp³-hybridized carbons (Fsp3) is 0.792. The summed E-state index contributed by atoms with van der Waals surface area (Å²) in [5.41, 5.74) is 8.90. The number of rotatable bonds is 33. The van der Waals surface area contributed by atoms with Gasteiger partial charge in [-0.2, -0.15) is 0 Å². The van der Waals surface area contributed by atoms with Gasteiger partial charge >= 0.3 is 66.0 Å². The molecule has 0 radical (unpaired) electrons. The summed E-state index contributed by atoms with van der Waals surface area (Å²) in [6.07, 6.45) is 41.9. The summed E-state index contributed by atoms with van der Waals surface area (Å²) in [5, 5.41) is 0. The molecule has 0 aliphatic carbocycles. The van der Waals surface area contributed by atoms with Crippen LogP contribution in [0.5, 0.6) is 0 Å². The molecule has 0 saturated carbocycles. The summed E-state index contributed by atoms with van der Waals surface area (Å²) in [4.78, 5) is 0. The molecule has 0 aromatic carbocycles. The minimum absolute atomic E-state index is 1.18. The second-order valence-corrected chi connectivity index (χ2v) is 22.1. The molecule has 0 atom stereocenters. The number of unbranched alkanes of at least 4 members (excludes halogenated alkanes) is 25. The van der Waals surface area contributed by atoms with E-state index in [4.69, 9.17) is 0 Å². The van der Waals surface area contributed by atoms with Crippen LogP contribution in [0.2, 0.25) is 0 Å². The molecule has 0 saturated heterocycles. The zero-order valence-electron chi connectivity index (χ0n) is 40.3. The summed E-state index contributed by atoms with van der Waals surface area (Å²) in [7, 11) is -21.3. The Morgan fingerprint density at radius 1 is 0.312 bits per heavy atom. The minimum atomic E-state index is -10.7. The van der Waals surface area contributed by atoms with Crippen LogP contribution in [0.4, 0.5) is 50.4 Å². The van der Waals surface area contributed by atoms with Crippen LogP contribution in [0, 0.1) is 27.7 Å². The van der Waals surface area contributed by atoms with Crippen LogP contribution in [0.3, 0.4) is 0 Å². The SMILES string of the molecule is CCCCCCCCCCCCCCc1cc(C)cc(C)[n+]1CCCCCC[n+]1c(C)cc(C)cc1CCCCCCCCCCCCCC.F[P-](F)(F)(F)(F)F.F[P-](F)(F)(F)(F)F. The third-order valence-corrected chi connectivity index (χ3v) is 11.3. The van der Waals surface area contributed by atoms with E-state index in [9.17, 15) is 50.4 Å². The van der Waals surface area contributed by atoms with E-state index in [0.717, 1.165) is 0 Å². The molecule has 2 aromatic rings. The molecule has 0 fully saturated rings. The number of aromatic nitrogens is 2. The normalized spacial score (nSPS) is 14.1. The molecule has 0 aliphatic heterocycles. The molecule has 0 amide bonds. The van der Waals surface area contributed by atoms with E-state index in [0.29, 0.717) is 0 Å². The van der Waals surface area contributed by atoms with Gasteiger partial charge in [-0.05, 0) is 50.7 Å². The zero-order valence-corrected chi connectivity index (χ0v) is 42.1. The zero-order chi connectivity index (χ0) is 48.9. The molecule has 0 bridgehead atoms. The molecule has 64 heavy (non-hydrogen) atoms. The fourth-order valence-corrected chi connectivity index (χ4v) is 8.27. The van der Waals surface area contributed by atoms with Gasteiger partial charge in [0.1, 0.15) is 13.1 Å². The number of pyridine rings is 2. The van der Waals surface area contributed by atoms with Crippen LogP contribution in [0.15, 0.2) is 24.3 Å². The standard InChI is InChI=1S/C48H86N2.2F6P/c1-7-9-11-13-15-17-19-21-23-25-27-31-35-47-41-43(3)39-45(5)49(47)37-33-29-30-34-38-50-46(6)40-44(4)42-48(50)36-32-28-26-24-22-20-18-16-14-12-10-8-2;2*1-7(2,3,4,5)6/h39-42H,7-38H2,1-6H3;;/q+2;2*-1. The van der Waals surface area contributed by atoms with Crippen molar-refractivity contribution >= 4 is 15.6 Å². The average Bonchev–Trinajstić information content (AvgIpc) is 3.12. The third-order valence-electron chi connectivity index (χ3n) is 11.3. The Morgan fingerprint density at radius 2 is 0.516 bits per heavy atom. The maximum atomic E-state index is 9.87. The number of aryl methyl sites for hydroxylation is 6. The number of hydrogen-bond donors (Lipinski definition) is 0. The molecule has 0 aliphatic rings. The van der Waals surface area contributed by atoms with Crippen LogP contribution in [-0.2, 0) is 25.9 Å². The van der Waals surface area contributed by atoms with Crippen molar-refractivity contribution in [1.29, 1.82) is 0 Å². The van der Waals surface area contributed by atoms with Crippen molar-refractivity contribution < 1.29 is 59.5 Å². The van der Waals surface area contributed by atoms with Crippen LogP contribution >= 0.6 is 15.6 Å². The van der Waals surface area contributed by atoms with Crippen LogP contribution in [-0.4, -0.2) is 0 Å². The number of halogens is 12. The van der Waals surface area contributed by atoms with E-state index in [-0.39, 0.29) is 0 Å². The first-order valence-corrected chi connectivity index (χ1v) is 28.5. The van der Waals surface area contributed by atoms with E-state index in [1.807, 2.05) is 0 Å². The van der Waals surface area contributed by atoms with Crippen molar-refractivity contribution in [3.05, 3.63) is 58.2 Å². The molecule has 0 spiro atoms. The number of hydrogen-bond acceptors (Lipinski definition) is 0. The van der Waals surface area contributed by atoms with Crippen LogP contribution in [0.25, 0.3) is 0 Å². The van der Waals surface area contributed by atoms with Crippen molar-refractivity contribution in [1.82, 2.24) is 0 Å². The van der Waals surface area contributed by atoms with Gasteiger partial charge in [0.2, 0.25) is 0 Å². The summed E-state index contributed by atoms with van der Waals surface area (Å²) in [6, 6.07) is 9.72. The molecule has 16 heteroatoms. The van der Waals surface area contributed by atoms with Gasteiger partial charge in [-0.25, -0.2) is 9.13 Å². The predicted octanol–water partition coefficient (Wildman–Crippen LogP) is 21.0. The molecule has 2 rings (SSSR count). The Hall–Kier alpha value is -1.68. The third kappa shape index (κ3) is 46.8. The molecular formula is C48H86F12N2P2. The number of nitrogens with zero attached hydrogens (tertiary/aromatic N) is 2. The maximum absolute atomic E-state index is 10.7. The van der Waals surface area contributed by atoms with Gasteiger partial charge in [-0.3, -0.25) is 0 Å². The summed E-state index contributed by atoms with van der Waals surface area (Å²) in [6.45, 7) is 16.2. The van der Waals surface area contributed by atoms with Crippen molar-refractivity contribution in [3.8, 4) is 0 Å². The first-order chi connectivity index (χ1) is 29.4. The summed E-state index contributed by atoms with van der Waals surface area (Å²) in [5.74, 6) is 0. The van der Waals surface area contributed by atoms with E-state index in [1.54, 1.807) is 11.4 Å². The van der Waals surface area contributed by atoms with Crippen molar-refractivity contribution in [3.63, 3.8) is 0 Å². The van der Waals surface area contributed by atoms with E-state index >= 15 is 0 Å². The van der Waals surface area contributed by atoms with Crippen LogP contribution < -0.4 is 9.13 Å². The molecule has 0 N–H and O–H groups in total. The molecule has 382 valence electrons. The van der Waals surface area contributed by atoms with Crippen LogP contribution in [0.1, 0.15) is 228 Å². The fourth-order valence-electron chi connectivity index (χ4n) is 8.27. The summed E-state index contributed by atoms with van der Waals surface area (Å²) >= 11 is 0. The van der Waals surface area contributed by atoms with Crippen molar-refractivity contribution in [2.45, 2.75) is 247 Å². The van der Waals surface area contributed by atoms with Gasteiger partial charge in [0.05, 0.1) is 0 Å². The van der Waals surface area contributed by atoms with Crippen molar-refractivity contribution in [2.75, 3.05) is 0 Å². The Morgan fingerprint density at radius 3 is 0.750 bits per heavy atom.